The minimum Gasteiger partial charge on any atom is -0.356 e. The summed E-state index contributed by atoms with van der Waals surface area (Å²) in [4.78, 5) is 14.8. The molecule has 2 aromatic rings. The molecule has 6 heteroatoms. The van der Waals surface area contributed by atoms with E-state index in [4.69, 9.17) is 0 Å². The third kappa shape index (κ3) is 3.00. The second-order valence-electron chi connectivity index (χ2n) is 3.28. The summed E-state index contributed by atoms with van der Waals surface area (Å²) in [5.41, 5.74) is 1.21. The van der Waals surface area contributed by atoms with Crippen LogP contribution in [0.5, 0.6) is 0 Å². The molecule has 0 fully saturated rings. The Bertz CT molecular complexity index is 545. The Kier molecular flexibility index (Phi) is 4.06. The van der Waals surface area contributed by atoms with Gasteiger partial charge in [0.2, 0.25) is 0 Å². The van der Waals surface area contributed by atoms with Crippen LogP contribution in [-0.2, 0) is 0 Å². The van der Waals surface area contributed by atoms with E-state index in [0.29, 0.717) is 11.4 Å². The standard InChI is InChI=1S/C11H7Br3N2O/c12-6-4-9(15-5-6)11(17)16-10-7(13)2-1-3-8(10)14/h1-5,15H,(H,16,17). The predicted octanol–water partition coefficient (Wildman–Crippen LogP) is 4.55. The molecular weight excluding hydrogens is 416 g/mol. The molecule has 0 saturated heterocycles. The number of anilines is 1. The van der Waals surface area contributed by atoms with Crippen LogP contribution >= 0.6 is 47.8 Å². The van der Waals surface area contributed by atoms with Crippen molar-refractivity contribution in [2.45, 2.75) is 0 Å². The highest BCUT2D eigenvalue weighted by Gasteiger charge is 2.12. The molecule has 1 heterocycles. The zero-order valence-electron chi connectivity index (χ0n) is 8.43. The first-order valence-corrected chi connectivity index (χ1v) is 7.05. The lowest BCUT2D eigenvalue weighted by Crippen LogP contribution is -2.12. The van der Waals surface area contributed by atoms with E-state index in [1.165, 1.54) is 0 Å². The molecule has 0 radical (unpaired) electrons. The molecule has 2 rings (SSSR count). The molecule has 0 unspecified atom stereocenters. The van der Waals surface area contributed by atoms with E-state index in [0.717, 1.165) is 13.4 Å². The van der Waals surface area contributed by atoms with E-state index < -0.39 is 0 Å². The lowest BCUT2D eigenvalue weighted by Gasteiger charge is -2.08. The van der Waals surface area contributed by atoms with E-state index in [2.05, 4.69) is 58.1 Å². The van der Waals surface area contributed by atoms with Crippen LogP contribution in [0.4, 0.5) is 5.69 Å². The van der Waals surface area contributed by atoms with Gasteiger partial charge in [0.25, 0.3) is 5.91 Å². The van der Waals surface area contributed by atoms with Crippen LogP contribution in [-0.4, -0.2) is 10.9 Å². The van der Waals surface area contributed by atoms with Gasteiger partial charge in [0.1, 0.15) is 5.69 Å². The van der Waals surface area contributed by atoms with Gasteiger partial charge in [-0.25, -0.2) is 0 Å². The molecule has 0 spiro atoms. The average Bonchev–Trinajstić information content (AvgIpc) is 2.70. The Labute approximate surface area is 123 Å². The van der Waals surface area contributed by atoms with Gasteiger partial charge in [-0.3, -0.25) is 4.79 Å². The number of carbonyl (C=O) groups excluding carboxylic acids is 1. The Morgan fingerprint density at radius 1 is 1.18 bits per heavy atom. The fourth-order valence-corrected chi connectivity index (χ4v) is 2.84. The van der Waals surface area contributed by atoms with Crippen molar-refractivity contribution in [2.75, 3.05) is 5.32 Å². The molecule has 1 aromatic heterocycles. The van der Waals surface area contributed by atoms with E-state index in [1.807, 2.05) is 18.2 Å². The van der Waals surface area contributed by atoms with Crippen LogP contribution in [0.25, 0.3) is 0 Å². The number of nitrogens with one attached hydrogen (secondary N) is 2. The number of hydrogen-bond donors (Lipinski definition) is 2. The number of hydrogen-bond acceptors (Lipinski definition) is 1. The zero-order valence-corrected chi connectivity index (χ0v) is 13.2. The first kappa shape index (κ1) is 12.9. The average molecular weight is 423 g/mol. The normalized spacial score (nSPS) is 10.3. The topological polar surface area (TPSA) is 44.9 Å². The Hall–Kier alpha value is -0.590. The smallest absolute Gasteiger partial charge is 0.272 e. The fraction of sp³-hybridized carbons (Fsp3) is 0. The highest BCUT2D eigenvalue weighted by atomic mass is 79.9. The zero-order chi connectivity index (χ0) is 12.4. The lowest BCUT2D eigenvalue weighted by molar-refractivity contribution is 0.102. The molecule has 3 nitrogen and oxygen atoms in total. The molecule has 0 saturated carbocycles. The van der Waals surface area contributed by atoms with Gasteiger partial charge in [0.15, 0.2) is 0 Å². The summed E-state index contributed by atoms with van der Waals surface area (Å²) in [7, 11) is 0. The van der Waals surface area contributed by atoms with Crippen molar-refractivity contribution in [1.82, 2.24) is 4.98 Å². The van der Waals surface area contributed by atoms with Crippen molar-refractivity contribution in [2.24, 2.45) is 0 Å². The minimum absolute atomic E-state index is 0.191. The van der Waals surface area contributed by atoms with Gasteiger partial charge in [-0.05, 0) is 66.0 Å². The minimum atomic E-state index is -0.191. The highest BCUT2D eigenvalue weighted by molar-refractivity contribution is 9.11. The maximum absolute atomic E-state index is 11.9. The lowest BCUT2D eigenvalue weighted by atomic mass is 10.3. The number of amides is 1. The summed E-state index contributed by atoms with van der Waals surface area (Å²) in [5.74, 6) is -0.191. The monoisotopic (exact) mass is 420 g/mol. The van der Waals surface area contributed by atoms with Crippen LogP contribution in [0.15, 0.2) is 43.9 Å². The van der Waals surface area contributed by atoms with E-state index >= 15 is 0 Å². The summed E-state index contributed by atoms with van der Waals surface area (Å²) in [6, 6.07) is 7.34. The summed E-state index contributed by atoms with van der Waals surface area (Å²) in [6.07, 6.45) is 1.71. The SMILES string of the molecule is O=C(Nc1c(Br)cccc1Br)c1cc(Br)c[nH]1. The third-order valence-electron chi connectivity index (χ3n) is 2.09. The first-order chi connectivity index (χ1) is 8.08. The molecular formula is C11H7Br3N2O. The van der Waals surface area contributed by atoms with E-state index in [9.17, 15) is 4.79 Å². The predicted molar refractivity (Wildman–Crippen MR) is 78.3 cm³/mol. The van der Waals surface area contributed by atoms with E-state index in [1.54, 1.807) is 12.3 Å². The van der Waals surface area contributed by atoms with Gasteiger partial charge < -0.3 is 10.3 Å². The van der Waals surface area contributed by atoms with Gasteiger partial charge in [0.05, 0.1) is 5.69 Å². The Morgan fingerprint density at radius 3 is 2.35 bits per heavy atom. The molecule has 0 aliphatic carbocycles. The van der Waals surface area contributed by atoms with Crippen LogP contribution in [0.3, 0.4) is 0 Å². The van der Waals surface area contributed by atoms with Crippen molar-refractivity contribution in [3.63, 3.8) is 0 Å². The number of aromatic nitrogens is 1. The molecule has 0 bridgehead atoms. The Morgan fingerprint density at radius 2 is 1.82 bits per heavy atom. The summed E-state index contributed by atoms with van der Waals surface area (Å²) >= 11 is 10.1. The molecule has 0 aliphatic heterocycles. The summed E-state index contributed by atoms with van der Waals surface area (Å²) in [5, 5.41) is 2.82. The summed E-state index contributed by atoms with van der Waals surface area (Å²) in [6.45, 7) is 0. The van der Waals surface area contributed by atoms with Gasteiger partial charge in [-0.15, -0.1) is 0 Å². The number of benzene rings is 1. The van der Waals surface area contributed by atoms with Crippen LogP contribution < -0.4 is 5.32 Å². The molecule has 88 valence electrons. The maximum Gasteiger partial charge on any atom is 0.272 e. The second kappa shape index (κ2) is 5.37. The third-order valence-corrected chi connectivity index (χ3v) is 3.87. The summed E-state index contributed by atoms with van der Waals surface area (Å²) < 4.78 is 2.49. The second-order valence-corrected chi connectivity index (χ2v) is 5.91. The molecule has 0 atom stereocenters. The van der Waals surface area contributed by atoms with Crippen LogP contribution in [0.1, 0.15) is 10.5 Å². The van der Waals surface area contributed by atoms with Crippen molar-refractivity contribution in [3.05, 3.63) is 49.6 Å². The highest BCUT2D eigenvalue weighted by Crippen LogP contribution is 2.30. The van der Waals surface area contributed by atoms with Gasteiger partial charge in [-0.1, -0.05) is 6.07 Å². The van der Waals surface area contributed by atoms with Crippen molar-refractivity contribution >= 4 is 59.4 Å². The molecule has 17 heavy (non-hydrogen) atoms. The molecule has 2 N–H and O–H groups in total. The number of para-hydroxylation sites is 1. The van der Waals surface area contributed by atoms with Crippen LogP contribution in [0.2, 0.25) is 0 Å². The number of halogens is 3. The van der Waals surface area contributed by atoms with Crippen molar-refractivity contribution < 1.29 is 4.79 Å². The molecule has 0 aliphatic rings. The number of carbonyl (C=O) groups is 1. The van der Waals surface area contributed by atoms with Crippen molar-refractivity contribution in [3.8, 4) is 0 Å². The molecule has 1 aromatic carbocycles. The van der Waals surface area contributed by atoms with Gasteiger partial charge >= 0.3 is 0 Å². The van der Waals surface area contributed by atoms with Crippen molar-refractivity contribution in [1.29, 1.82) is 0 Å². The molecule has 1 amide bonds. The van der Waals surface area contributed by atoms with Gasteiger partial charge in [0, 0.05) is 19.6 Å². The van der Waals surface area contributed by atoms with E-state index in [-0.39, 0.29) is 5.91 Å². The number of aromatic amines is 1. The Balaban J connectivity index is 2.24. The quantitative estimate of drug-likeness (QED) is 0.732. The maximum atomic E-state index is 11.9. The van der Waals surface area contributed by atoms with Gasteiger partial charge in [-0.2, -0.15) is 0 Å². The first-order valence-electron chi connectivity index (χ1n) is 4.67. The number of H-pyrrole nitrogens is 1. The van der Waals surface area contributed by atoms with Crippen LogP contribution in [0, 0.1) is 0 Å². The number of rotatable bonds is 2. The fourth-order valence-electron chi connectivity index (χ4n) is 1.30. The largest absolute Gasteiger partial charge is 0.356 e.